The van der Waals surface area contributed by atoms with E-state index in [1.54, 1.807) is 11.3 Å². The summed E-state index contributed by atoms with van der Waals surface area (Å²) in [5.41, 5.74) is 1.06. The molecule has 0 aliphatic carbocycles. The largest absolute Gasteiger partial charge is 0.338 e. The molecule has 5 heteroatoms. The lowest BCUT2D eigenvalue weighted by atomic mass is 10.1. The van der Waals surface area contributed by atoms with E-state index in [2.05, 4.69) is 36.2 Å². The van der Waals surface area contributed by atoms with Gasteiger partial charge < -0.3 is 9.84 Å². The zero-order chi connectivity index (χ0) is 11.6. The second-order valence-electron chi connectivity index (χ2n) is 4.63. The van der Waals surface area contributed by atoms with E-state index in [1.807, 2.05) is 16.8 Å². The number of hydrogen-bond acceptors (Lipinski definition) is 5. The fourth-order valence-corrected chi connectivity index (χ4v) is 1.81. The van der Waals surface area contributed by atoms with Gasteiger partial charge in [0.1, 0.15) is 0 Å². The Hall–Kier alpha value is -1.20. The predicted octanol–water partition coefficient (Wildman–Crippen LogP) is 2.69. The molecule has 0 aliphatic heterocycles. The van der Waals surface area contributed by atoms with Gasteiger partial charge in [-0.05, 0) is 32.2 Å². The summed E-state index contributed by atoms with van der Waals surface area (Å²) in [4.78, 5) is 4.32. The maximum atomic E-state index is 5.16. The van der Waals surface area contributed by atoms with Gasteiger partial charge in [0.2, 0.25) is 11.7 Å². The van der Waals surface area contributed by atoms with Gasteiger partial charge in [-0.15, -0.1) is 0 Å². The summed E-state index contributed by atoms with van der Waals surface area (Å²) >= 11 is 1.62. The van der Waals surface area contributed by atoms with Crippen molar-refractivity contribution in [3.05, 3.63) is 22.7 Å². The van der Waals surface area contributed by atoms with Gasteiger partial charge in [-0.2, -0.15) is 16.3 Å². The zero-order valence-corrected chi connectivity index (χ0v) is 10.5. The third kappa shape index (κ3) is 2.90. The Balaban J connectivity index is 2.03. The second kappa shape index (κ2) is 4.35. The van der Waals surface area contributed by atoms with Crippen molar-refractivity contribution in [1.29, 1.82) is 0 Å². The fraction of sp³-hybridized carbons (Fsp3) is 0.455. The van der Waals surface area contributed by atoms with Gasteiger partial charge >= 0.3 is 0 Å². The molecule has 0 bridgehead atoms. The summed E-state index contributed by atoms with van der Waals surface area (Å²) < 4.78 is 5.16. The SMILES string of the molecule is CC(C)(C)NCc1nc(-c2ccsc2)no1. The van der Waals surface area contributed by atoms with E-state index in [0.29, 0.717) is 18.3 Å². The van der Waals surface area contributed by atoms with Crippen LogP contribution in [0, 0.1) is 0 Å². The maximum Gasteiger partial charge on any atom is 0.240 e. The highest BCUT2D eigenvalue weighted by atomic mass is 32.1. The number of nitrogens with one attached hydrogen (secondary N) is 1. The summed E-state index contributed by atoms with van der Waals surface area (Å²) in [7, 11) is 0. The number of rotatable bonds is 3. The van der Waals surface area contributed by atoms with Crippen molar-refractivity contribution in [3.63, 3.8) is 0 Å². The number of nitrogens with zero attached hydrogens (tertiary/aromatic N) is 2. The normalized spacial score (nSPS) is 11.9. The molecule has 2 aromatic heterocycles. The topological polar surface area (TPSA) is 51.0 Å². The lowest BCUT2D eigenvalue weighted by Gasteiger charge is -2.18. The Morgan fingerprint density at radius 1 is 1.44 bits per heavy atom. The van der Waals surface area contributed by atoms with Gasteiger partial charge in [-0.3, -0.25) is 0 Å². The van der Waals surface area contributed by atoms with E-state index in [9.17, 15) is 0 Å². The molecule has 0 aliphatic rings. The van der Waals surface area contributed by atoms with Crippen LogP contribution >= 0.6 is 11.3 Å². The molecule has 86 valence electrons. The van der Waals surface area contributed by atoms with Gasteiger partial charge in [-0.25, -0.2) is 0 Å². The first-order valence-corrected chi connectivity index (χ1v) is 6.09. The van der Waals surface area contributed by atoms with Gasteiger partial charge in [0.25, 0.3) is 0 Å². The lowest BCUT2D eigenvalue weighted by molar-refractivity contribution is 0.336. The Morgan fingerprint density at radius 2 is 2.25 bits per heavy atom. The highest BCUT2D eigenvalue weighted by molar-refractivity contribution is 7.08. The van der Waals surface area contributed by atoms with Crippen LogP contribution in [-0.4, -0.2) is 15.7 Å². The molecule has 2 rings (SSSR count). The van der Waals surface area contributed by atoms with Crippen LogP contribution in [0.5, 0.6) is 0 Å². The van der Waals surface area contributed by atoms with Crippen LogP contribution in [0.25, 0.3) is 11.4 Å². The maximum absolute atomic E-state index is 5.16. The molecule has 2 heterocycles. The second-order valence-corrected chi connectivity index (χ2v) is 5.41. The molecular weight excluding hydrogens is 222 g/mol. The average Bonchev–Trinajstić information content (AvgIpc) is 2.84. The van der Waals surface area contributed by atoms with Gasteiger partial charge in [0.05, 0.1) is 6.54 Å². The zero-order valence-electron chi connectivity index (χ0n) is 9.65. The van der Waals surface area contributed by atoms with Crippen LogP contribution in [-0.2, 0) is 6.54 Å². The van der Waals surface area contributed by atoms with Crippen LogP contribution < -0.4 is 5.32 Å². The Kier molecular flexibility index (Phi) is 3.07. The summed E-state index contributed by atoms with van der Waals surface area (Å²) in [6.45, 7) is 6.90. The van der Waals surface area contributed by atoms with E-state index < -0.39 is 0 Å². The molecular formula is C11H15N3OS. The molecule has 2 aromatic rings. The van der Waals surface area contributed by atoms with E-state index >= 15 is 0 Å². The summed E-state index contributed by atoms with van der Waals surface area (Å²) in [5.74, 6) is 1.28. The smallest absolute Gasteiger partial charge is 0.240 e. The van der Waals surface area contributed by atoms with E-state index in [0.717, 1.165) is 5.56 Å². The van der Waals surface area contributed by atoms with E-state index in [4.69, 9.17) is 4.52 Å². The lowest BCUT2D eigenvalue weighted by Crippen LogP contribution is -2.35. The molecule has 1 N–H and O–H groups in total. The molecule has 0 amide bonds. The monoisotopic (exact) mass is 237 g/mol. The molecule has 0 radical (unpaired) electrons. The first-order chi connectivity index (χ1) is 7.54. The minimum absolute atomic E-state index is 0.0526. The minimum Gasteiger partial charge on any atom is -0.338 e. The Bertz CT molecular complexity index is 442. The van der Waals surface area contributed by atoms with Crippen LogP contribution in [0.2, 0.25) is 0 Å². The van der Waals surface area contributed by atoms with Crippen molar-refractivity contribution in [2.75, 3.05) is 0 Å². The third-order valence-electron chi connectivity index (χ3n) is 2.02. The number of thiophene rings is 1. The average molecular weight is 237 g/mol. The number of aromatic nitrogens is 2. The van der Waals surface area contributed by atoms with Crippen molar-refractivity contribution in [3.8, 4) is 11.4 Å². The molecule has 0 saturated carbocycles. The highest BCUT2D eigenvalue weighted by Gasteiger charge is 2.13. The van der Waals surface area contributed by atoms with E-state index in [-0.39, 0.29) is 5.54 Å². The van der Waals surface area contributed by atoms with E-state index in [1.165, 1.54) is 0 Å². The van der Waals surface area contributed by atoms with Crippen molar-refractivity contribution in [2.24, 2.45) is 0 Å². The summed E-state index contributed by atoms with van der Waals surface area (Å²) in [6, 6.07) is 1.98. The van der Waals surface area contributed by atoms with Gasteiger partial charge in [0, 0.05) is 16.5 Å². The van der Waals surface area contributed by atoms with Crippen molar-refractivity contribution >= 4 is 11.3 Å². The number of hydrogen-bond donors (Lipinski definition) is 1. The van der Waals surface area contributed by atoms with Gasteiger partial charge in [0.15, 0.2) is 0 Å². The summed E-state index contributed by atoms with van der Waals surface area (Å²) in [5, 5.41) is 11.2. The van der Waals surface area contributed by atoms with Crippen LogP contribution in [0.4, 0.5) is 0 Å². The molecule has 4 nitrogen and oxygen atoms in total. The van der Waals surface area contributed by atoms with Crippen molar-refractivity contribution in [2.45, 2.75) is 32.9 Å². The Labute approximate surface area is 98.7 Å². The quantitative estimate of drug-likeness (QED) is 0.891. The summed E-state index contributed by atoms with van der Waals surface area (Å²) in [6.07, 6.45) is 0. The Morgan fingerprint density at radius 3 is 2.88 bits per heavy atom. The first-order valence-electron chi connectivity index (χ1n) is 5.15. The van der Waals surface area contributed by atoms with Crippen molar-refractivity contribution in [1.82, 2.24) is 15.5 Å². The standard InChI is InChI=1S/C11H15N3OS/c1-11(2,3)12-6-9-13-10(14-15-9)8-4-5-16-7-8/h4-5,7,12H,6H2,1-3H3. The highest BCUT2D eigenvalue weighted by Crippen LogP contribution is 2.18. The van der Waals surface area contributed by atoms with Crippen LogP contribution in [0.1, 0.15) is 26.7 Å². The van der Waals surface area contributed by atoms with Crippen LogP contribution in [0.3, 0.4) is 0 Å². The molecule has 16 heavy (non-hydrogen) atoms. The molecule has 0 spiro atoms. The fourth-order valence-electron chi connectivity index (χ4n) is 1.18. The molecule has 0 saturated heterocycles. The van der Waals surface area contributed by atoms with Gasteiger partial charge in [-0.1, -0.05) is 5.16 Å². The molecule has 0 unspecified atom stereocenters. The predicted molar refractivity (Wildman–Crippen MR) is 64.2 cm³/mol. The third-order valence-corrected chi connectivity index (χ3v) is 2.70. The van der Waals surface area contributed by atoms with Crippen LogP contribution in [0.15, 0.2) is 21.3 Å². The first kappa shape index (κ1) is 11.3. The minimum atomic E-state index is 0.0526. The molecule has 0 atom stereocenters. The molecule has 0 aromatic carbocycles. The molecule has 0 fully saturated rings. The van der Waals surface area contributed by atoms with Crippen molar-refractivity contribution < 1.29 is 4.52 Å².